The maximum absolute atomic E-state index is 11.6. The van der Waals surface area contributed by atoms with E-state index in [0.717, 1.165) is 33.5 Å². The highest BCUT2D eigenvalue weighted by atomic mass is 79.9. The summed E-state index contributed by atoms with van der Waals surface area (Å²) in [4.78, 5) is 13.8. The molecule has 1 heterocycles. The normalized spacial score (nSPS) is 20.1. The zero-order chi connectivity index (χ0) is 13.3. The molecule has 18 heavy (non-hydrogen) atoms. The standard InChI is InChI=1S/C13H15Br2NO2/c1-8-7-16(4-3-12(8)17)11-6-13(18-2)10(15)5-9(11)14/h5-6,8H,3-4,7H2,1-2H3. The molecule has 0 aromatic heterocycles. The van der Waals surface area contributed by atoms with Gasteiger partial charge in [0.2, 0.25) is 0 Å². The number of benzene rings is 1. The number of nitrogens with zero attached hydrogens (tertiary/aromatic N) is 1. The van der Waals surface area contributed by atoms with Gasteiger partial charge in [0.15, 0.2) is 0 Å². The molecule has 1 fully saturated rings. The third kappa shape index (κ3) is 2.72. The predicted molar refractivity (Wildman–Crippen MR) is 79.4 cm³/mol. The summed E-state index contributed by atoms with van der Waals surface area (Å²) < 4.78 is 7.25. The van der Waals surface area contributed by atoms with Crippen LogP contribution in [0.5, 0.6) is 5.75 Å². The van der Waals surface area contributed by atoms with Crippen LogP contribution < -0.4 is 9.64 Å². The van der Waals surface area contributed by atoms with Crippen molar-refractivity contribution in [1.82, 2.24) is 0 Å². The van der Waals surface area contributed by atoms with Crippen molar-refractivity contribution in [3.05, 3.63) is 21.1 Å². The van der Waals surface area contributed by atoms with Crippen LogP contribution in [0.1, 0.15) is 13.3 Å². The summed E-state index contributed by atoms with van der Waals surface area (Å²) in [6, 6.07) is 3.98. The fourth-order valence-corrected chi connectivity index (χ4v) is 3.56. The van der Waals surface area contributed by atoms with E-state index in [0.29, 0.717) is 12.2 Å². The van der Waals surface area contributed by atoms with Crippen molar-refractivity contribution in [2.75, 3.05) is 25.1 Å². The lowest BCUT2D eigenvalue weighted by atomic mass is 9.98. The van der Waals surface area contributed by atoms with E-state index < -0.39 is 0 Å². The second-order valence-corrected chi connectivity index (χ2v) is 6.21. The maximum Gasteiger partial charge on any atom is 0.139 e. The molecule has 1 unspecified atom stereocenters. The topological polar surface area (TPSA) is 29.5 Å². The zero-order valence-corrected chi connectivity index (χ0v) is 13.5. The van der Waals surface area contributed by atoms with Gasteiger partial charge in [-0.25, -0.2) is 0 Å². The third-order valence-corrected chi connectivity index (χ3v) is 4.49. The zero-order valence-electron chi connectivity index (χ0n) is 10.4. The Morgan fingerprint density at radius 3 is 2.67 bits per heavy atom. The van der Waals surface area contributed by atoms with Crippen molar-refractivity contribution in [2.24, 2.45) is 5.92 Å². The van der Waals surface area contributed by atoms with Gasteiger partial charge >= 0.3 is 0 Å². The molecule has 0 aliphatic carbocycles. The van der Waals surface area contributed by atoms with Gasteiger partial charge in [-0.1, -0.05) is 6.92 Å². The highest BCUT2D eigenvalue weighted by Crippen LogP contribution is 2.37. The first kappa shape index (κ1) is 13.9. The Morgan fingerprint density at radius 2 is 2.06 bits per heavy atom. The number of halogens is 2. The van der Waals surface area contributed by atoms with Crippen molar-refractivity contribution in [3.8, 4) is 5.75 Å². The molecular weight excluding hydrogens is 362 g/mol. The summed E-state index contributed by atoms with van der Waals surface area (Å²) in [6.07, 6.45) is 0.617. The van der Waals surface area contributed by atoms with E-state index in [1.165, 1.54) is 0 Å². The lowest BCUT2D eigenvalue weighted by Gasteiger charge is -2.32. The maximum atomic E-state index is 11.6. The van der Waals surface area contributed by atoms with E-state index in [2.05, 4.69) is 36.8 Å². The number of carbonyl (C=O) groups excluding carboxylic acids is 1. The van der Waals surface area contributed by atoms with E-state index in [4.69, 9.17) is 4.74 Å². The molecule has 3 nitrogen and oxygen atoms in total. The molecular formula is C13H15Br2NO2. The molecule has 0 saturated carbocycles. The first-order valence-electron chi connectivity index (χ1n) is 5.83. The van der Waals surface area contributed by atoms with Gasteiger partial charge in [-0.2, -0.15) is 0 Å². The van der Waals surface area contributed by atoms with Crippen molar-refractivity contribution in [1.29, 1.82) is 0 Å². The fourth-order valence-electron chi connectivity index (χ4n) is 2.15. The van der Waals surface area contributed by atoms with E-state index in [-0.39, 0.29) is 5.92 Å². The van der Waals surface area contributed by atoms with E-state index >= 15 is 0 Å². The molecule has 2 rings (SSSR count). The minimum absolute atomic E-state index is 0.0975. The van der Waals surface area contributed by atoms with Gasteiger partial charge in [0.1, 0.15) is 11.5 Å². The molecule has 98 valence electrons. The molecule has 1 aliphatic heterocycles. The number of ketones is 1. The molecule has 0 spiro atoms. The number of piperidine rings is 1. The van der Waals surface area contributed by atoms with E-state index in [9.17, 15) is 4.79 Å². The minimum Gasteiger partial charge on any atom is -0.495 e. The van der Waals surface area contributed by atoms with Crippen LogP contribution in [0.3, 0.4) is 0 Å². The lowest BCUT2D eigenvalue weighted by Crippen LogP contribution is -2.39. The van der Waals surface area contributed by atoms with Gasteiger partial charge in [-0.3, -0.25) is 4.79 Å². The number of Topliss-reactive ketones (excluding diaryl/α,β-unsaturated/α-hetero) is 1. The number of anilines is 1. The summed E-state index contributed by atoms with van der Waals surface area (Å²) in [5.74, 6) is 1.25. The summed E-state index contributed by atoms with van der Waals surface area (Å²) >= 11 is 7.03. The van der Waals surface area contributed by atoms with Crippen LogP contribution in [0.15, 0.2) is 21.1 Å². The number of carbonyl (C=O) groups is 1. The second-order valence-electron chi connectivity index (χ2n) is 4.50. The first-order valence-corrected chi connectivity index (χ1v) is 7.42. The molecule has 0 N–H and O–H groups in total. The molecule has 5 heteroatoms. The summed E-state index contributed by atoms with van der Waals surface area (Å²) in [6.45, 7) is 3.52. The third-order valence-electron chi connectivity index (χ3n) is 3.23. The first-order chi connectivity index (χ1) is 8.52. The van der Waals surface area contributed by atoms with Crippen molar-refractivity contribution < 1.29 is 9.53 Å². The Bertz CT molecular complexity index is 476. The minimum atomic E-state index is 0.0975. The Hall–Kier alpha value is -0.550. The van der Waals surface area contributed by atoms with Gasteiger partial charge in [0.05, 0.1) is 17.3 Å². The predicted octanol–water partition coefficient (Wildman–Crippen LogP) is 3.64. The van der Waals surface area contributed by atoms with Gasteiger partial charge in [-0.05, 0) is 37.9 Å². The lowest BCUT2D eigenvalue weighted by molar-refractivity contribution is -0.122. The molecule has 1 saturated heterocycles. The fraction of sp³-hybridized carbons (Fsp3) is 0.462. The van der Waals surface area contributed by atoms with Crippen LogP contribution in [-0.4, -0.2) is 26.0 Å². The SMILES string of the molecule is COc1cc(N2CCC(=O)C(C)C2)c(Br)cc1Br. The summed E-state index contributed by atoms with van der Waals surface area (Å²) in [5.41, 5.74) is 1.08. The van der Waals surface area contributed by atoms with Crippen molar-refractivity contribution in [2.45, 2.75) is 13.3 Å². The van der Waals surface area contributed by atoms with Crippen LogP contribution in [-0.2, 0) is 4.79 Å². The second kappa shape index (κ2) is 5.61. The highest BCUT2D eigenvalue weighted by molar-refractivity contribution is 9.11. The number of methoxy groups -OCH3 is 1. The average molecular weight is 377 g/mol. The van der Waals surface area contributed by atoms with Crippen molar-refractivity contribution >= 4 is 43.3 Å². The Morgan fingerprint density at radius 1 is 1.33 bits per heavy atom. The molecule has 1 atom stereocenters. The van der Waals surface area contributed by atoms with Crippen molar-refractivity contribution in [3.63, 3.8) is 0 Å². The van der Waals surface area contributed by atoms with Gasteiger partial charge in [0, 0.05) is 36.0 Å². The van der Waals surface area contributed by atoms with Crippen LogP contribution in [0.2, 0.25) is 0 Å². The highest BCUT2D eigenvalue weighted by Gasteiger charge is 2.25. The van der Waals surface area contributed by atoms with Crippen LogP contribution in [0, 0.1) is 5.92 Å². The quantitative estimate of drug-likeness (QED) is 0.789. The Balaban J connectivity index is 2.30. The van der Waals surface area contributed by atoms with Gasteiger partial charge in [0.25, 0.3) is 0 Å². The van der Waals surface area contributed by atoms with E-state index in [1.54, 1.807) is 7.11 Å². The molecule has 0 bridgehead atoms. The molecule has 0 amide bonds. The van der Waals surface area contributed by atoms with Gasteiger partial charge < -0.3 is 9.64 Å². The smallest absolute Gasteiger partial charge is 0.139 e. The average Bonchev–Trinajstić information content (AvgIpc) is 2.33. The largest absolute Gasteiger partial charge is 0.495 e. The summed E-state index contributed by atoms with van der Waals surface area (Å²) in [5, 5.41) is 0. The number of hydrogen-bond donors (Lipinski definition) is 0. The molecule has 1 aromatic carbocycles. The Labute approximate surface area is 124 Å². The van der Waals surface area contributed by atoms with Crippen LogP contribution in [0.4, 0.5) is 5.69 Å². The molecule has 1 aliphatic rings. The molecule has 1 aromatic rings. The van der Waals surface area contributed by atoms with Crippen LogP contribution in [0.25, 0.3) is 0 Å². The number of hydrogen-bond acceptors (Lipinski definition) is 3. The van der Waals surface area contributed by atoms with Gasteiger partial charge in [-0.15, -0.1) is 0 Å². The number of rotatable bonds is 2. The van der Waals surface area contributed by atoms with Crippen LogP contribution >= 0.6 is 31.9 Å². The summed E-state index contributed by atoms with van der Waals surface area (Å²) in [7, 11) is 1.65. The monoisotopic (exact) mass is 375 g/mol. The number of ether oxygens (including phenoxy) is 1. The molecule has 0 radical (unpaired) electrons. The van der Waals surface area contributed by atoms with E-state index in [1.807, 2.05) is 19.1 Å². The Kier molecular flexibility index (Phi) is 4.33.